The number of carbonyl (C=O) groups excluding carboxylic acids is 1. The molecule has 1 aliphatic heterocycles. The van der Waals surface area contributed by atoms with E-state index in [0.717, 1.165) is 25.5 Å². The summed E-state index contributed by atoms with van der Waals surface area (Å²) >= 11 is 0. The number of carboxylic acid groups (broad SMARTS) is 1. The monoisotopic (exact) mass is 428 g/mol. The van der Waals surface area contributed by atoms with E-state index in [4.69, 9.17) is 20.1 Å². The number of nitrogens with zero attached hydrogens (tertiary/aromatic N) is 2. The highest BCUT2D eigenvalue weighted by molar-refractivity contribution is 6.03. The molecule has 162 valence electrons. The summed E-state index contributed by atoms with van der Waals surface area (Å²) in [4.78, 5) is 28.2. The molecule has 1 aromatic carbocycles. The Labute approximate surface area is 168 Å². The quantitative estimate of drug-likeness (QED) is 0.636. The maximum atomic E-state index is 14.4. The predicted molar refractivity (Wildman–Crippen MR) is 98.8 cm³/mol. The molecule has 0 fully saturated rings. The molecule has 2 heterocycles. The lowest BCUT2D eigenvalue weighted by Gasteiger charge is -2.37. The Morgan fingerprint density at radius 2 is 2.10 bits per heavy atom. The molecule has 0 radical (unpaired) electrons. The zero-order valence-corrected chi connectivity index (χ0v) is 16.0. The number of hydrogen-bond acceptors (Lipinski definition) is 7. The lowest BCUT2D eigenvalue weighted by Crippen LogP contribution is -2.51. The van der Waals surface area contributed by atoms with Crippen molar-refractivity contribution in [1.29, 1.82) is 0 Å². The van der Waals surface area contributed by atoms with E-state index >= 15 is 0 Å². The van der Waals surface area contributed by atoms with Crippen LogP contribution in [0.1, 0.15) is 35.7 Å². The van der Waals surface area contributed by atoms with Gasteiger partial charge in [0.05, 0.1) is 0 Å². The molecular formula is C18H19F3N4O5. The topological polar surface area (TPSA) is 140 Å². The number of aliphatic imine (C=N–C) groups is 1. The van der Waals surface area contributed by atoms with Crippen molar-refractivity contribution in [3.05, 3.63) is 47.4 Å². The summed E-state index contributed by atoms with van der Waals surface area (Å²) in [5.41, 5.74) is 2.86. The van der Waals surface area contributed by atoms with Gasteiger partial charge in [-0.1, -0.05) is 6.92 Å². The number of rotatable bonds is 4. The van der Waals surface area contributed by atoms with Crippen molar-refractivity contribution in [1.82, 2.24) is 4.98 Å². The van der Waals surface area contributed by atoms with E-state index in [0.29, 0.717) is 12.2 Å². The fourth-order valence-corrected chi connectivity index (χ4v) is 2.77. The maximum absolute atomic E-state index is 14.4. The van der Waals surface area contributed by atoms with Crippen molar-refractivity contribution < 1.29 is 37.0 Å². The summed E-state index contributed by atoms with van der Waals surface area (Å²) < 4.78 is 52.9. The molecule has 0 spiro atoms. The number of amides is 1. The van der Waals surface area contributed by atoms with Gasteiger partial charge >= 0.3 is 5.92 Å². The summed E-state index contributed by atoms with van der Waals surface area (Å²) in [6, 6.07) is 2.84. The van der Waals surface area contributed by atoms with Gasteiger partial charge in [-0.05, 0) is 25.1 Å². The van der Waals surface area contributed by atoms with E-state index in [9.17, 15) is 18.0 Å². The van der Waals surface area contributed by atoms with Crippen molar-refractivity contribution >= 4 is 24.1 Å². The van der Waals surface area contributed by atoms with E-state index in [1.807, 2.05) is 0 Å². The minimum Gasteiger partial charge on any atom is -0.483 e. The first-order valence-electron chi connectivity index (χ1n) is 8.57. The van der Waals surface area contributed by atoms with Crippen molar-refractivity contribution in [2.24, 2.45) is 10.7 Å². The van der Waals surface area contributed by atoms with Gasteiger partial charge in [-0.3, -0.25) is 9.59 Å². The number of alkyl halides is 2. The summed E-state index contributed by atoms with van der Waals surface area (Å²) in [7, 11) is 0. The first-order chi connectivity index (χ1) is 14.1. The van der Waals surface area contributed by atoms with Crippen LogP contribution in [0.2, 0.25) is 0 Å². The zero-order valence-electron chi connectivity index (χ0n) is 16.0. The highest BCUT2D eigenvalue weighted by atomic mass is 19.3. The third-order valence-corrected chi connectivity index (χ3v) is 4.37. The van der Waals surface area contributed by atoms with E-state index < -0.39 is 41.4 Å². The Morgan fingerprint density at radius 3 is 2.73 bits per heavy atom. The van der Waals surface area contributed by atoms with Gasteiger partial charge in [-0.2, -0.15) is 8.78 Å². The van der Waals surface area contributed by atoms with Gasteiger partial charge in [0.1, 0.15) is 11.6 Å². The van der Waals surface area contributed by atoms with Crippen LogP contribution in [0.15, 0.2) is 34.0 Å². The lowest BCUT2D eigenvalue weighted by atomic mass is 9.85. The minimum atomic E-state index is -3.51. The van der Waals surface area contributed by atoms with E-state index in [-0.39, 0.29) is 17.9 Å². The Bertz CT molecular complexity index is 963. The number of halogens is 3. The molecule has 9 nitrogen and oxygen atoms in total. The van der Waals surface area contributed by atoms with Gasteiger partial charge < -0.3 is 25.3 Å². The van der Waals surface area contributed by atoms with Gasteiger partial charge in [-0.15, -0.1) is 0 Å². The number of amidine groups is 1. The molecule has 2 aromatic rings. The Hall–Kier alpha value is -3.57. The van der Waals surface area contributed by atoms with Crippen LogP contribution < -0.4 is 11.1 Å². The van der Waals surface area contributed by atoms with Gasteiger partial charge in [0, 0.05) is 17.7 Å². The zero-order chi connectivity index (χ0) is 22.5. The largest absolute Gasteiger partial charge is 0.483 e. The van der Waals surface area contributed by atoms with E-state index in [1.165, 1.54) is 6.07 Å². The standard InChI is InChI=1S/C17H17F3N4O3.CH2O2/c1-3-12-13(22-8-27-12)14(25)23-9-4-5-11(18)10(6-9)16(2)17(19,20)7-26-15(21)24-16;2-1-3/h4-6,8H,3,7H2,1-2H3,(H2,21,24)(H,23,25);1H,(H,2,3)/t16-;/m1./s1. The second-order valence-corrected chi connectivity index (χ2v) is 6.25. The number of nitrogens with two attached hydrogens (primary N) is 1. The number of carbonyl (C=O) groups is 2. The summed E-state index contributed by atoms with van der Waals surface area (Å²) in [6.07, 6.45) is 1.57. The van der Waals surface area contributed by atoms with Gasteiger partial charge in [0.2, 0.25) is 0 Å². The molecule has 0 aliphatic carbocycles. The summed E-state index contributed by atoms with van der Waals surface area (Å²) in [5, 5.41) is 9.39. The molecule has 1 atom stereocenters. The van der Waals surface area contributed by atoms with Crippen molar-refractivity contribution in [2.45, 2.75) is 31.7 Å². The molecule has 0 bridgehead atoms. The molecule has 0 saturated heterocycles. The molecule has 30 heavy (non-hydrogen) atoms. The van der Waals surface area contributed by atoms with E-state index in [2.05, 4.69) is 20.0 Å². The molecule has 1 aliphatic rings. The number of benzene rings is 1. The van der Waals surface area contributed by atoms with Crippen molar-refractivity contribution in [3.63, 3.8) is 0 Å². The van der Waals surface area contributed by atoms with Crippen LogP contribution in [-0.4, -0.2) is 41.0 Å². The fourth-order valence-electron chi connectivity index (χ4n) is 2.77. The SMILES string of the molecule is CCc1ocnc1C(=O)Nc1ccc(F)c([C@@]2(C)N=C(N)OCC2(F)F)c1.O=CO. The molecule has 0 unspecified atom stereocenters. The Balaban J connectivity index is 0.00000101. The Kier molecular flexibility index (Phi) is 6.70. The van der Waals surface area contributed by atoms with E-state index in [1.54, 1.807) is 6.92 Å². The Morgan fingerprint density at radius 1 is 1.43 bits per heavy atom. The van der Waals surface area contributed by atoms with Gasteiger partial charge in [0.15, 0.2) is 24.2 Å². The average Bonchev–Trinajstić information content (AvgIpc) is 3.16. The number of oxazole rings is 1. The highest BCUT2D eigenvalue weighted by Gasteiger charge is 2.56. The maximum Gasteiger partial charge on any atom is 0.310 e. The van der Waals surface area contributed by atoms with Crippen molar-refractivity contribution in [3.8, 4) is 0 Å². The normalized spacial score (nSPS) is 19.6. The summed E-state index contributed by atoms with van der Waals surface area (Å²) in [5.74, 6) is -4.66. The van der Waals surface area contributed by atoms with Crippen LogP contribution in [-0.2, 0) is 21.5 Å². The second kappa shape index (κ2) is 8.84. The smallest absolute Gasteiger partial charge is 0.310 e. The third kappa shape index (κ3) is 4.36. The molecule has 1 amide bonds. The first-order valence-corrected chi connectivity index (χ1v) is 8.57. The fraction of sp³-hybridized carbons (Fsp3) is 0.333. The number of nitrogens with one attached hydrogen (secondary N) is 1. The van der Waals surface area contributed by atoms with Crippen molar-refractivity contribution in [2.75, 3.05) is 11.9 Å². The summed E-state index contributed by atoms with van der Waals surface area (Å²) in [6.45, 7) is 1.55. The number of aryl methyl sites for hydroxylation is 1. The van der Waals surface area contributed by atoms with Crippen LogP contribution in [0.5, 0.6) is 0 Å². The third-order valence-electron chi connectivity index (χ3n) is 4.37. The molecule has 4 N–H and O–H groups in total. The molecule has 1 aromatic heterocycles. The predicted octanol–water partition coefficient (Wildman–Crippen LogP) is 2.52. The van der Waals surface area contributed by atoms with Crippen LogP contribution in [0.4, 0.5) is 18.9 Å². The minimum absolute atomic E-state index is 0.0632. The van der Waals surface area contributed by atoms with Gasteiger partial charge in [-0.25, -0.2) is 14.4 Å². The molecule has 3 rings (SSSR count). The van der Waals surface area contributed by atoms with Crippen LogP contribution in [0, 0.1) is 5.82 Å². The van der Waals surface area contributed by atoms with Crippen LogP contribution in [0.3, 0.4) is 0 Å². The molecule has 12 heteroatoms. The highest BCUT2D eigenvalue weighted by Crippen LogP contribution is 2.44. The van der Waals surface area contributed by atoms with Crippen LogP contribution >= 0.6 is 0 Å². The number of hydrogen-bond donors (Lipinski definition) is 3. The average molecular weight is 428 g/mol. The second-order valence-electron chi connectivity index (χ2n) is 6.25. The first kappa shape index (κ1) is 22.7. The lowest BCUT2D eigenvalue weighted by molar-refractivity contribution is -0.122. The molecule has 0 saturated carbocycles. The number of aromatic nitrogens is 1. The van der Waals surface area contributed by atoms with Crippen LogP contribution in [0.25, 0.3) is 0 Å². The molecular weight excluding hydrogens is 409 g/mol. The van der Waals surface area contributed by atoms with Gasteiger partial charge in [0.25, 0.3) is 18.4 Å². The number of anilines is 1. The number of ether oxygens (including phenoxy) is 1.